The van der Waals surface area contributed by atoms with Crippen LogP contribution in [0, 0.1) is 11.8 Å². The van der Waals surface area contributed by atoms with E-state index in [1.165, 1.54) is 32.1 Å². The van der Waals surface area contributed by atoms with Crippen molar-refractivity contribution >= 4 is 6.29 Å². The number of benzene rings is 2. The van der Waals surface area contributed by atoms with Crippen LogP contribution in [-0.2, 0) is 0 Å². The van der Waals surface area contributed by atoms with Gasteiger partial charge in [0.2, 0.25) is 0 Å². The van der Waals surface area contributed by atoms with Crippen LogP contribution in [0.25, 0.3) is 0 Å². The number of aldehydes is 1. The molecule has 0 atom stereocenters. The normalized spacial score (nSPS) is 14.6. The maximum Gasteiger partial charge on any atom is 0.150 e. The van der Waals surface area contributed by atoms with Crippen molar-refractivity contribution in [1.82, 2.24) is 0 Å². The lowest BCUT2D eigenvalue weighted by Crippen LogP contribution is -2.19. The molecule has 2 nitrogen and oxygen atoms in total. The molecule has 2 aromatic rings. The fourth-order valence-electron chi connectivity index (χ4n) is 2.78. The van der Waals surface area contributed by atoms with Crippen LogP contribution in [0.2, 0.25) is 0 Å². The average Bonchev–Trinajstić information content (AvgIpc) is 2.62. The number of ether oxygens (including phenoxy) is 1. The third-order valence-corrected chi connectivity index (χ3v) is 4.11. The topological polar surface area (TPSA) is 26.3 Å². The van der Waals surface area contributed by atoms with Crippen LogP contribution in [-0.4, -0.2) is 12.4 Å². The van der Waals surface area contributed by atoms with Crippen molar-refractivity contribution in [3.63, 3.8) is 0 Å². The number of hydrogen-bond acceptors (Lipinski definition) is 2. The number of carbonyl (C=O) groups excluding carboxylic acids is 1. The molecule has 2 heteroatoms. The van der Waals surface area contributed by atoms with E-state index in [9.17, 15) is 4.79 Å². The van der Waals surface area contributed by atoms with Gasteiger partial charge in [-0.2, -0.15) is 0 Å². The predicted molar refractivity (Wildman–Crippen MR) is 91.8 cm³/mol. The van der Waals surface area contributed by atoms with E-state index in [4.69, 9.17) is 4.74 Å². The molecule has 1 saturated carbocycles. The Morgan fingerprint density at radius 1 is 0.826 bits per heavy atom. The first-order valence-electron chi connectivity index (χ1n) is 8.17. The summed E-state index contributed by atoms with van der Waals surface area (Å²) in [5.41, 5.74) is 2.53. The zero-order valence-electron chi connectivity index (χ0n) is 13.1. The van der Waals surface area contributed by atoms with Gasteiger partial charge in [0.15, 0.2) is 0 Å². The Bertz CT molecular complexity index is 696. The summed E-state index contributed by atoms with van der Waals surface area (Å²) in [5, 5.41) is 0. The molecule has 116 valence electrons. The Kier molecular flexibility index (Phi) is 5.11. The summed E-state index contributed by atoms with van der Waals surface area (Å²) in [5.74, 6) is 7.17. The standard InChI is InChI=1S/C21H20O2/c22-16-19-10-8-17(9-11-19)6-7-18-12-14-21(15-13-18)23-20-4-2-1-3-5-20/h8-16,20H,1-5H2. The molecule has 1 fully saturated rings. The van der Waals surface area contributed by atoms with Crippen molar-refractivity contribution in [2.75, 3.05) is 0 Å². The Morgan fingerprint density at radius 3 is 1.96 bits per heavy atom. The fourth-order valence-corrected chi connectivity index (χ4v) is 2.78. The van der Waals surface area contributed by atoms with Crippen molar-refractivity contribution in [2.45, 2.75) is 38.2 Å². The summed E-state index contributed by atoms with van der Waals surface area (Å²) in [4.78, 5) is 10.6. The summed E-state index contributed by atoms with van der Waals surface area (Å²) in [6, 6.07) is 15.2. The number of hydrogen-bond donors (Lipinski definition) is 0. The van der Waals surface area contributed by atoms with Gasteiger partial charge in [-0.15, -0.1) is 0 Å². The SMILES string of the molecule is O=Cc1ccc(C#Cc2ccc(OC3CCCCC3)cc2)cc1. The van der Waals surface area contributed by atoms with Gasteiger partial charge in [0.1, 0.15) is 12.0 Å². The van der Waals surface area contributed by atoms with Gasteiger partial charge < -0.3 is 4.74 Å². The van der Waals surface area contributed by atoms with Crippen molar-refractivity contribution in [2.24, 2.45) is 0 Å². The average molecular weight is 304 g/mol. The fraction of sp³-hybridized carbons (Fsp3) is 0.286. The summed E-state index contributed by atoms with van der Waals surface area (Å²) >= 11 is 0. The lowest BCUT2D eigenvalue weighted by molar-refractivity contribution is 0.112. The molecule has 0 aliphatic heterocycles. The van der Waals surface area contributed by atoms with E-state index in [0.717, 1.165) is 23.2 Å². The zero-order chi connectivity index (χ0) is 15.9. The van der Waals surface area contributed by atoms with Gasteiger partial charge in [-0.3, -0.25) is 4.79 Å². The lowest BCUT2D eigenvalue weighted by atomic mass is 9.98. The van der Waals surface area contributed by atoms with Gasteiger partial charge in [-0.1, -0.05) is 30.4 Å². The molecule has 23 heavy (non-hydrogen) atoms. The molecule has 0 bridgehead atoms. The molecule has 0 aromatic heterocycles. The van der Waals surface area contributed by atoms with Crippen LogP contribution in [0.4, 0.5) is 0 Å². The first kappa shape index (κ1) is 15.4. The molecule has 0 unspecified atom stereocenters. The highest BCUT2D eigenvalue weighted by molar-refractivity contribution is 5.74. The van der Waals surface area contributed by atoms with Crippen LogP contribution < -0.4 is 4.74 Å². The van der Waals surface area contributed by atoms with E-state index < -0.39 is 0 Å². The molecular formula is C21H20O2. The minimum absolute atomic E-state index is 0.372. The van der Waals surface area contributed by atoms with Crippen LogP contribution in [0.3, 0.4) is 0 Å². The summed E-state index contributed by atoms with van der Waals surface area (Å²) in [6.07, 6.45) is 7.42. The van der Waals surface area contributed by atoms with E-state index in [0.29, 0.717) is 11.7 Å². The third-order valence-electron chi connectivity index (χ3n) is 4.11. The molecule has 1 aliphatic rings. The summed E-state index contributed by atoms with van der Waals surface area (Å²) < 4.78 is 6.02. The van der Waals surface area contributed by atoms with Crippen LogP contribution >= 0.6 is 0 Å². The number of carbonyl (C=O) groups is 1. The van der Waals surface area contributed by atoms with Crippen molar-refractivity contribution < 1.29 is 9.53 Å². The van der Waals surface area contributed by atoms with Gasteiger partial charge in [0.05, 0.1) is 6.10 Å². The molecule has 0 spiro atoms. The minimum Gasteiger partial charge on any atom is -0.490 e. The number of rotatable bonds is 3. The molecule has 0 heterocycles. The van der Waals surface area contributed by atoms with Crippen LogP contribution in [0.5, 0.6) is 5.75 Å². The van der Waals surface area contributed by atoms with E-state index in [2.05, 4.69) is 11.8 Å². The third kappa shape index (κ3) is 4.47. The molecule has 0 amide bonds. The Balaban J connectivity index is 1.62. The second kappa shape index (κ2) is 7.65. The first-order chi connectivity index (χ1) is 11.3. The maximum atomic E-state index is 10.6. The highest BCUT2D eigenvalue weighted by atomic mass is 16.5. The largest absolute Gasteiger partial charge is 0.490 e. The second-order valence-corrected chi connectivity index (χ2v) is 5.89. The van der Waals surface area contributed by atoms with Crippen molar-refractivity contribution in [3.8, 4) is 17.6 Å². The van der Waals surface area contributed by atoms with Crippen molar-refractivity contribution in [1.29, 1.82) is 0 Å². The zero-order valence-corrected chi connectivity index (χ0v) is 13.1. The van der Waals surface area contributed by atoms with Gasteiger partial charge in [-0.05, 0) is 62.1 Å². The van der Waals surface area contributed by atoms with Crippen molar-refractivity contribution in [3.05, 3.63) is 65.2 Å². The highest BCUT2D eigenvalue weighted by Gasteiger charge is 2.14. The minimum atomic E-state index is 0.372. The highest BCUT2D eigenvalue weighted by Crippen LogP contribution is 2.23. The van der Waals surface area contributed by atoms with Crippen LogP contribution in [0.15, 0.2) is 48.5 Å². The van der Waals surface area contributed by atoms with Gasteiger partial charge in [0, 0.05) is 16.7 Å². The molecule has 3 rings (SSSR count). The van der Waals surface area contributed by atoms with Gasteiger partial charge >= 0.3 is 0 Å². The Morgan fingerprint density at radius 2 is 1.39 bits per heavy atom. The monoisotopic (exact) mass is 304 g/mol. The predicted octanol–water partition coefficient (Wildman–Crippen LogP) is 4.61. The van der Waals surface area contributed by atoms with Crippen LogP contribution in [0.1, 0.15) is 53.6 Å². The van der Waals surface area contributed by atoms with E-state index in [1.54, 1.807) is 12.1 Å². The quantitative estimate of drug-likeness (QED) is 0.611. The molecular weight excluding hydrogens is 284 g/mol. The Labute approximate surface area is 137 Å². The Hall–Kier alpha value is -2.53. The van der Waals surface area contributed by atoms with Gasteiger partial charge in [0.25, 0.3) is 0 Å². The van der Waals surface area contributed by atoms with E-state index in [1.807, 2.05) is 36.4 Å². The lowest BCUT2D eigenvalue weighted by Gasteiger charge is -2.22. The molecule has 0 saturated heterocycles. The molecule has 1 aliphatic carbocycles. The molecule has 0 radical (unpaired) electrons. The summed E-state index contributed by atoms with van der Waals surface area (Å²) in [6.45, 7) is 0. The van der Waals surface area contributed by atoms with E-state index >= 15 is 0 Å². The maximum absolute atomic E-state index is 10.6. The van der Waals surface area contributed by atoms with Gasteiger partial charge in [-0.25, -0.2) is 0 Å². The molecule has 0 N–H and O–H groups in total. The first-order valence-corrected chi connectivity index (χ1v) is 8.17. The summed E-state index contributed by atoms with van der Waals surface area (Å²) in [7, 11) is 0. The molecule has 2 aromatic carbocycles. The second-order valence-electron chi connectivity index (χ2n) is 5.89. The smallest absolute Gasteiger partial charge is 0.150 e. The van der Waals surface area contributed by atoms with E-state index in [-0.39, 0.29) is 0 Å².